The Kier molecular flexibility index (Phi) is 2.38. The van der Waals surface area contributed by atoms with Crippen LogP contribution in [0.4, 0.5) is 0 Å². The van der Waals surface area contributed by atoms with Gasteiger partial charge in [0.05, 0.1) is 29.9 Å². The molecule has 0 aliphatic carbocycles. The van der Waals surface area contributed by atoms with Crippen molar-refractivity contribution < 1.29 is 0 Å². The summed E-state index contributed by atoms with van der Waals surface area (Å²) < 4.78 is 0. The van der Waals surface area contributed by atoms with Gasteiger partial charge in [-0.3, -0.25) is 0 Å². The van der Waals surface area contributed by atoms with E-state index in [4.69, 9.17) is 16.9 Å². The molecule has 0 unspecified atom stereocenters. The minimum Gasteiger partial charge on any atom is -0.345 e. The largest absolute Gasteiger partial charge is 0.345 e. The van der Waals surface area contributed by atoms with Crippen molar-refractivity contribution in [3.05, 3.63) is 29.6 Å². The lowest BCUT2D eigenvalue weighted by atomic mass is 10.0. The maximum absolute atomic E-state index is 8.64. The molecule has 14 heavy (non-hydrogen) atoms. The lowest BCUT2D eigenvalue weighted by Crippen LogP contribution is -1.91. The molecule has 2 aromatic rings. The van der Waals surface area contributed by atoms with Gasteiger partial charge in [-0.15, -0.1) is 11.6 Å². The summed E-state index contributed by atoms with van der Waals surface area (Å²) in [6.45, 7) is 0. The van der Waals surface area contributed by atoms with E-state index >= 15 is 0 Å². The summed E-state index contributed by atoms with van der Waals surface area (Å²) in [6, 6.07) is 5.96. The molecule has 0 amide bonds. The van der Waals surface area contributed by atoms with Crippen LogP contribution in [0.1, 0.15) is 11.1 Å². The van der Waals surface area contributed by atoms with Crippen LogP contribution in [0.2, 0.25) is 0 Å². The van der Waals surface area contributed by atoms with Gasteiger partial charge in [0.25, 0.3) is 0 Å². The molecule has 0 aliphatic heterocycles. The zero-order valence-corrected chi connectivity index (χ0v) is 8.17. The summed E-state index contributed by atoms with van der Waals surface area (Å²) in [7, 11) is 0. The third kappa shape index (κ3) is 1.34. The molecule has 1 aromatic carbocycles. The van der Waals surface area contributed by atoms with Gasteiger partial charge in [-0.25, -0.2) is 4.98 Å². The first-order chi connectivity index (χ1) is 6.86. The molecule has 0 atom stereocenters. The van der Waals surface area contributed by atoms with Crippen LogP contribution >= 0.6 is 11.6 Å². The molecule has 0 saturated heterocycles. The number of nitriles is 1. The lowest BCUT2D eigenvalue weighted by molar-refractivity contribution is 1.20. The highest BCUT2D eigenvalue weighted by atomic mass is 35.5. The van der Waals surface area contributed by atoms with Gasteiger partial charge in [0.15, 0.2) is 0 Å². The zero-order valence-electron chi connectivity index (χ0n) is 7.42. The van der Waals surface area contributed by atoms with Crippen LogP contribution < -0.4 is 0 Å². The van der Waals surface area contributed by atoms with Gasteiger partial charge in [0.2, 0.25) is 0 Å². The quantitative estimate of drug-likeness (QED) is 0.766. The second-order valence-electron chi connectivity index (χ2n) is 2.97. The number of benzene rings is 1. The Labute approximate surface area is 86.3 Å². The van der Waals surface area contributed by atoms with Crippen molar-refractivity contribution in [2.24, 2.45) is 0 Å². The predicted molar refractivity (Wildman–Crippen MR) is 55.0 cm³/mol. The number of nitrogens with zero attached hydrogens (tertiary/aromatic N) is 2. The van der Waals surface area contributed by atoms with Crippen LogP contribution in [-0.4, -0.2) is 9.97 Å². The summed E-state index contributed by atoms with van der Waals surface area (Å²) in [6.07, 6.45) is 2.02. The molecular weight excluding hydrogens is 198 g/mol. The molecule has 0 spiro atoms. The minimum absolute atomic E-state index is 0.380. The molecule has 1 aromatic heterocycles. The average molecular weight is 206 g/mol. The Morgan fingerprint density at radius 1 is 1.50 bits per heavy atom. The zero-order chi connectivity index (χ0) is 9.97. The molecule has 0 radical (unpaired) electrons. The molecule has 2 rings (SSSR count). The van der Waals surface area contributed by atoms with E-state index in [0.29, 0.717) is 12.3 Å². The molecule has 3 nitrogen and oxygen atoms in total. The van der Waals surface area contributed by atoms with E-state index in [1.165, 1.54) is 0 Å². The SMILES string of the molecule is N#CCc1ccc2[nH]cnc2c1CCl. The normalized spacial score (nSPS) is 10.3. The molecule has 1 N–H and O–H groups in total. The average Bonchev–Trinajstić information content (AvgIpc) is 2.66. The number of alkyl halides is 1. The standard InChI is InChI=1S/C10H8ClN3/c11-5-8-7(3-4-12)1-2-9-10(8)14-6-13-9/h1-2,6H,3,5H2,(H,13,14). The molecule has 0 fully saturated rings. The van der Waals surface area contributed by atoms with E-state index in [1.54, 1.807) is 6.33 Å². The van der Waals surface area contributed by atoms with Gasteiger partial charge in [-0.05, 0) is 17.2 Å². The Morgan fingerprint density at radius 3 is 3.07 bits per heavy atom. The van der Waals surface area contributed by atoms with Gasteiger partial charge in [0.1, 0.15) is 0 Å². The van der Waals surface area contributed by atoms with E-state index in [2.05, 4.69) is 16.0 Å². The number of fused-ring (bicyclic) bond motifs is 1. The number of H-pyrrole nitrogens is 1. The fourth-order valence-corrected chi connectivity index (χ4v) is 1.81. The van der Waals surface area contributed by atoms with Crippen LogP contribution in [0.5, 0.6) is 0 Å². The van der Waals surface area contributed by atoms with Crippen molar-refractivity contribution >= 4 is 22.6 Å². The second kappa shape index (κ2) is 3.69. The monoisotopic (exact) mass is 205 g/mol. The van der Waals surface area contributed by atoms with Crippen molar-refractivity contribution in [2.45, 2.75) is 12.3 Å². The fourth-order valence-electron chi connectivity index (χ4n) is 1.51. The van der Waals surface area contributed by atoms with Crippen LogP contribution in [-0.2, 0) is 12.3 Å². The van der Waals surface area contributed by atoms with Crippen LogP contribution in [0, 0.1) is 11.3 Å². The van der Waals surface area contributed by atoms with Gasteiger partial charge in [0, 0.05) is 5.88 Å². The Hall–Kier alpha value is -1.53. The first kappa shape index (κ1) is 9.04. The van der Waals surface area contributed by atoms with Gasteiger partial charge >= 0.3 is 0 Å². The maximum atomic E-state index is 8.64. The van der Waals surface area contributed by atoms with Crippen LogP contribution in [0.15, 0.2) is 18.5 Å². The highest BCUT2D eigenvalue weighted by Crippen LogP contribution is 2.21. The summed E-state index contributed by atoms with van der Waals surface area (Å²) in [5, 5.41) is 8.64. The number of aromatic amines is 1. The van der Waals surface area contributed by atoms with E-state index in [1.807, 2.05) is 12.1 Å². The number of nitrogens with one attached hydrogen (secondary N) is 1. The predicted octanol–water partition coefficient (Wildman–Crippen LogP) is 2.37. The molecule has 0 aliphatic rings. The molecule has 4 heteroatoms. The van der Waals surface area contributed by atoms with Crippen molar-refractivity contribution in [3.63, 3.8) is 0 Å². The Balaban J connectivity index is 2.67. The second-order valence-corrected chi connectivity index (χ2v) is 3.24. The summed E-state index contributed by atoms with van der Waals surface area (Å²) >= 11 is 5.84. The highest BCUT2D eigenvalue weighted by molar-refractivity contribution is 6.18. The summed E-state index contributed by atoms with van der Waals surface area (Å²) in [5.41, 5.74) is 3.74. The van der Waals surface area contributed by atoms with Crippen molar-refractivity contribution in [2.75, 3.05) is 0 Å². The van der Waals surface area contributed by atoms with Gasteiger partial charge in [-0.2, -0.15) is 5.26 Å². The maximum Gasteiger partial charge on any atom is 0.0932 e. The Bertz CT molecular complexity index is 496. The van der Waals surface area contributed by atoms with E-state index in [-0.39, 0.29) is 0 Å². The van der Waals surface area contributed by atoms with E-state index in [0.717, 1.165) is 22.2 Å². The smallest absolute Gasteiger partial charge is 0.0932 e. The number of hydrogen-bond donors (Lipinski definition) is 1. The first-order valence-electron chi connectivity index (χ1n) is 4.23. The summed E-state index contributed by atoms with van der Waals surface area (Å²) in [4.78, 5) is 7.19. The number of aromatic nitrogens is 2. The lowest BCUT2D eigenvalue weighted by Gasteiger charge is -2.03. The summed E-state index contributed by atoms with van der Waals surface area (Å²) in [5.74, 6) is 0.388. The molecule has 0 saturated carbocycles. The third-order valence-electron chi connectivity index (χ3n) is 2.20. The van der Waals surface area contributed by atoms with Crippen molar-refractivity contribution in [3.8, 4) is 6.07 Å². The minimum atomic E-state index is 0.380. The fraction of sp³-hybridized carbons (Fsp3) is 0.200. The van der Waals surface area contributed by atoms with Crippen molar-refractivity contribution in [1.29, 1.82) is 5.26 Å². The Morgan fingerprint density at radius 2 is 2.36 bits per heavy atom. The van der Waals surface area contributed by atoms with Crippen molar-refractivity contribution in [1.82, 2.24) is 9.97 Å². The molecular formula is C10H8ClN3. The topological polar surface area (TPSA) is 52.5 Å². The van der Waals surface area contributed by atoms with E-state index in [9.17, 15) is 0 Å². The molecule has 0 bridgehead atoms. The van der Waals surface area contributed by atoms with Gasteiger partial charge < -0.3 is 4.98 Å². The van der Waals surface area contributed by atoms with Gasteiger partial charge in [-0.1, -0.05) is 6.07 Å². The van der Waals surface area contributed by atoms with E-state index < -0.39 is 0 Å². The third-order valence-corrected chi connectivity index (χ3v) is 2.46. The molecule has 1 heterocycles. The number of hydrogen-bond acceptors (Lipinski definition) is 2. The first-order valence-corrected chi connectivity index (χ1v) is 4.77. The molecule has 70 valence electrons. The van der Waals surface area contributed by atoms with Crippen LogP contribution in [0.3, 0.4) is 0 Å². The number of halogens is 1. The number of rotatable bonds is 2. The number of imidazole rings is 1. The van der Waals surface area contributed by atoms with Crippen LogP contribution in [0.25, 0.3) is 11.0 Å². The highest BCUT2D eigenvalue weighted by Gasteiger charge is 2.07.